The summed E-state index contributed by atoms with van der Waals surface area (Å²) in [5, 5.41) is 7.61. The molecule has 2 aromatic heterocycles. The molecule has 0 spiro atoms. The monoisotopic (exact) mass is 386 g/mol. The maximum absolute atomic E-state index is 12.9. The third-order valence-corrected chi connectivity index (χ3v) is 5.77. The van der Waals surface area contributed by atoms with Gasteiger partial charge >= 0.3 is 0 Å². The quantitative estimate of drug-likeness (QED) is 0.561. The van der Waals surface area contributed by atoms with Gasteiger partial charge in [0.15, 0.2) is 0 Å². The van der Waals surface area contributed by atoms with Gasteiger partial charge in [0.25, 0.3) is 11.5 Å². The highest BCUT2D eigenvalue weighted by Crippen LogP contribution is 2.23. The first-order valence-corrected chi connectivity index (χ1v) is 10.0. The highest BCUT2D eigenvalue weighted by Gasteiger charge is 2.19. The van der Waals surface area contributed by atoms with Crippen LogP contribution in [0.1, 0.15) is 41.6 Å². The number of aromatic nitrogens is 3. The molecule has 0 bridgehead atoms. The average Bonchev–Trinajstić information content (AvgIpc) is 3.36. The molecule has 1 fully saturated rings. The van der Waals surface area contributed by atoms with Gasteiger partial charge in [-0.15, -0.1) is 0 Å². The van der Waals surface area contributed by atoms with Crippen LogP contribution in [0.3, 0.4) is 0 Å². The highest BCUT2D eigenvalue weighted by molar-refractivity contribution is 6.06. The number of hydrogen-bond donors (Lipinski definition) is 2. The van der Waals surface area contributed by atoms with Gasteiger partial charge in [0, 0.05) is 23.2 Å². The van der Waals surface area contributed by atoms with Gasteiger partial charge in [0.1, 0.15) is 0 Å². The van der Waals surface area contributed by atoms with Crippen molar-refractivity contribution in [1.82, 2.24) is 20.1 Å². The van der Waals surface area contributed by atoms with Crippen LogP contribution in [0.5, 0.6) is 0 Å². The molecule has 0 aliphatic heterocycles. The average molecular weight is 386 g/mol. The Kier molecular flexibility index (Phi) is 4.19. The SMILES string of the molecule is Cc1ccc(-n2[nH]c3c(cnc4ccc(C(=O)NC5CCCC5)cc43)c2=O)cc1. The largest absolute Gasteiger partial charge is 0.349 e. The number of fused-ring (bicyclic) bond motifs is 3. The molecular formula is C23H22N4O2. The number of carbonyl (C=O) groups excluding carboxylic acids is 1. The van der Waals surface area contributed by atoms with E-state index in [0.29, 0.717) is 16.5 Å². The van der Waals surface area contributed by atoms with E-state index in [2.05, 4.69) is 15.4 Å². The maximum Gasteiger partial charge on any atom is 0.280 e. The summed E-state index contributed by atoms with van der Waals surface area (Å²) >= 11 is 0. The molecule has 0 unspecified atom stereocenters. The number of carbonyl (C=O) groups is 1. The summed E-state index contributed by atoms with van der Waals surface area (Å²) in [6.07, 6.45) is 6.01. The zero-order chi connectivity index (χ0) is 20.0. The molecule has 0 radical (unpaired) electrons. The third-order valence-electron chi connectivity index (χ3n) is 5.77. The summed E-state index contributed by atoms with van der Waals surface area (Å²) in [5.41, 5.74) is 3.76. The smallest absolute Gasteiger partial charge is 0.280 e. The number of amides is 1. The Labute approximate surface area is 167 Å². The normalized spacial score (nSPS) is 14.7. The van der Waals surface area contributed by atoms with Gasteiger partial charge in [-0.2, -0.15) is 0 Å². The predicted molar refractivity (Wildman–Crippen MR) is 114 cm³/mol. The van der Waals surface area contributed by atoms with E-state index in [9.17, 15) is 9.59 Å². The van der Waals surface area contributed by atoms with Crippen molar-refractivity contribution in [2.75, 3.05) is 0 Å². The van der Waals surface area contributed by atoms with Gasteiger partial charge in [0.05, 0.1) is 22.1 Å². The molecular weight excluding hydrogens is 364 g/mol. The fraction of sp³-hybridized carbons (Fsp3) is 0.261. The Morgan fingerprint density at radius 2 is 1.86 bits per heavy atom. The van der Waals surface area contributed by atoms with Crippen LogP contribution in [0, 0.1) is 6.92 Å². The second-order valence-corrected chi connectivity index (χ2v) is 7.82. The summed E-state index contributed by atoms with van der Waals surface area (Å²) in [6, 6.07) is 13.5. The van der Waals surface area contributed by atoms with E-state index in [1.807, 2.05) is 43.3 Å². The van der Waals surface area contributed by atoms with Crippen LogP contribution in [0.2, 0.25) is 0 Å². The number of benzene rings is 2. The van der Waals surface area contributed by atoms with Crippen LogP contribution < -0.4 is 10.9 Å². The Morgan fingerprint density at radius 3 is 2.62 bits per heavy atom. The summed E-state index contributed by atoms with van der Waals surface area (Å²) in [7, 11) is 0. The molecule has 0 atom stereocenters. The van der Waals surface area contributed by atoms with Crippen LogP contribution in [0.4, 0.5) is 0 Å². The molecule has 4 aromatic rings. The first kappa shape index (κ1) is 17.7. The first-order valence-electron chi connectivity index (χ1n) is 10.0. The van der Waals surface area contributed by atoms with E-state index in [-0.39, 0.29) is 17.5 Å². The minimum atomic E-state index is -0.154. The summed E-state index contributed by atoms with van der Waals surface area (Å²) in [4.78, 5) is 30.0. The van der Waals surface area contributed by atoms with Gasteiger partial charge < -0.3 is 5.32 Å². The molecule has 29 heavy (non-hydrogen) atoms. The molecule has 2 aromatic carbocycles. The number of pyridine rings is 1. The van der Waals surface area contributed by atoms with E-state index in [0.717, 1.165) is 35.0 Å². The number of aromatic amines is 1. The lowest BCUT2D eigenvalue weighted by atomic mass is 10.1. The fourth-order valence-corrected chi connectivity index (χ4v) is 4.11. The molecule has 2 heterocycles. The van der Waals surface area contributed by atoms with Crippen molar-refractivity contribution in [3.8, 4) is 5.69 Å². The van der Waals surface area contributed by atoms with Gasteiger partial charge in [-0.3, -0.25) is 19.7 Å². The molecule has 1 aliphatic carbocycles. The van der Waals surface area contributed by atoms with Crippen LogP contribution in [0.15, 0.2) is 53.5 Å². The van der Waals surface area contributed by atoms with E-state index in [1.54, 1.807) is 12.3 Å². The third kappa shape index (κ3) is 3.10. The van der Waals surface area contributed by atoms with Crippen molar-refractivity contribution in [2.24, 2.45) is 0 Å². The fourth-order valence-electron chi connectivity index (χ4n) is 4.11. The van der Waals surface area contributed by atoms with Crippen LogP contribution in [-0.4, -0.2) is 26.7 Å². The maximum atomic E-state index is 12.9. The highest BCUT2D eigenvalue weighted by atomic mass is 16.1. The van der Waals surface area contributed by atoms with Crippen LogP contribution in [0.25, 0.3) is 27.5 Å². The van der Waals surface area contributed by atoms with Crippen LogP contribution in [-0.2, 0) is 0 Å². The molecule has 5 rings (SSSR count). The van der Waals surface area contributed by atoms with Gasteiger partial charge in [-0.05, 0) is 50.1 Å². The van der Waals surface area contributed by atoms with E-state index in [4.69, 9.17) is 0 Å². The number of H-pyrrole nitrogens is 1. The van der Waals surface area contributed by atoms with E-state index in [1.165, 1.54) is 17.5 Å². The number of aryl methyl sites for hydroxylation is 1. The van der Waals surface area contributed by atoms with Crippen molar-refractivity contribution in [3.05, 3.63) is 70.1 Å². The molecule has 0 saturated heterocycles. The minimum Gasteiger partial charge on any atom is -0.349 e. The van der Waals surface area contributed by atoms with Crippen molar-refractivity contribution >= 4 is 27.7 Å². The summed E-state index contributed by atoms with van der Waals surface area (Å²) in [6.45, 7) is 2.01. The number of nitrogens with zero attached hydrogens (tertiary/aromatic N) is 2. The summed E-state index contributed by atoms with van der Waals surface area (Å²) < 4.78 is 1.52. The van der Waals surface area contributed by atoms with E-state index >= 15 is 0 Å². The van der Waals surface area contributed by atoms with Crippen molar-refractivity contribution in [1.29, 1.82) is 0 Å². The van der Waals surface area contributed by atoms with Gasteiger partial charge in [0.2, 0.25) is 0 Å². The van der Waals surface area contributed by atoms with Gasteiger partial charge in [-0.25, -0.2) is 4.68 Å². The summed E-state index contributed by atoms with van der Waals surface area (Å²) in [5.74, 6) is -0.0730. The Morgan fingerprint density at radius 1 is 1.10 bits per heavy atom. The standard InChI is InChI=1S/C23H22N4O2/c1-14-6-9-17(10-7-14)27-23(29)19-13-24-20-11-8-15(12-18(20)21(19)26-27)22(28)25-16-4-2-3-5-16/h6-13,16,26H,2-5H2,1H3,(H,25,28). The van der Waals surface area contributed by atoms with Crippen molar-refractivity contribution in [3.63, 3.8) is 0 Å². The Bertz CT molecular complexity index is 1280. The zero-order valence-corrected chi connectivity index (χ0v) is 16.2. The number of rotatable bonds is 3. The second kappa shape index (κ2) is 6.88. The van der Waals surface area contributed by atoms with Crippen molar-refractivity contribution < 1.29 is 4.79 Å². The molecule has 6 heteroatoms. The second-order valence-electron chi connectivity index (χ2n) is 7.82. The lowest BCUT2D eigenvalue weighted by Gasteiger charge is -2.12. The molecule has 146 valence electrons. The predicted octanol–water partition coefficient (Wildman–Crippen LogP) is 3.85. The molecule has 6 nitrogen and oxygen atoms in total. The molecule has 1 amide bonds. The first-order chi connectivity index (χ1) is 14.1. The van der Waals surface area contributed by atoms with Crippen molar-refractivity contribution in [2.45, 2.75) is 38.6 Å². The van der Waals surface area contributed by atoms with Crippen LogP contribution >= 0.6 is 0 Å². The van der Waals surface area contributed by atoms with E-state index < -0.39 is 0 Å². The zero-order valence-electron chi connectivity index (χ0n) is 16.2. The molecule has 1 aliphatic rings. The van der Waals surface area contributed by atoms with Gasteiger partial charge in [-0.1, -0.05) is 30.5 Å². The lowest BCUT2D eigenvalue weighted by Crippen LogP contribution is -2.32. The number of hydrogen-bond acceptors (Lipinski definition) is 3. The lowest BCUT2D eigenvalue weighted by molar-refractivity contribution is 0.0938. The molecule has 2 N–H and O–H groups in total. The minimum absolute atomic E-state index is 0.0730. The Hall–Kier alpha value is -3.41. The number of nitrogens with one attached hydrogen (secondary N) is 2. The topological polar surface area (TPSA) is 79.8 Å². The molecule has 1 saturated carbocycles. The Balaban J connectivity index is 1.61.